The summed E-state index contributed by atoms with van der Waals surface area (Å²) in [6, 6.07) is 24.1. The van der Waals surface area contributed by atoms with Crippen LogP contribution in [0.5, 0.6) is 5.75 Å². The van der Waals surface area contributed by atoms with Gasteiger partial charge in [0.15, 0.2) is 6.61 Å². The molecular formula is C32H39ClN2O3. The topological polar surface area (TPSA) is 58.6 Å². The number of halogens is 1. The number of nitrogens with zero attached hydrogens (tertiary/aromatic N) is 1. The second-order valence-electron chi connectivity index (χ2n) is 11.7. The number of carbonyl (C=O) groups is 2. The first-order chi connectivity index (χ1) is 17.8. The van der Waals surface area contributed by atoms with E-state index in [1.54, 1.807) is 11.0 Å². The molecule has 2 amide bonds. The van der Waals surface area contributed by atoms with Gasteiger partial charge in [0.1, 0.15) is 11.8 Å². The second-order valence-corrected chi connectivity index (χ2v) is 12.1. The Hall–Kier alpha value is -3.31. The molecule has 0 saturated heterocycles. The van der Waals surface area contributed by atoms with Crippen molar-refractivity contribution in [1.29, 1.82) is 0 Å². The highest BCUT2D eigenvalue weighted by Gasteiger charge is 2.32. The van der Waals surface area contributed by atoms with Crippen LogP contribution in [-0.4, -0.2) is 34.9 Å². The van der Waals surface area contributed by atoms with Crippen LogP contribution in [0.3, 0.4) is 0 Å². The molecule has 0 unspecified atom stereocenters. The van der Waals surface area contributed by atoms with Gasteiger partial charge in [0.05, 0.1) is 0 Å². The van der Waals surface area contributed by atoms with E-state index in [1.807, 2.05) is 93.6 Å². The Balaban J connectivity index is 1.90. The van der Waals surface area contributed by atoms with Crippen LogP contribution in [0.4, 0.5) is 0 Å². The van der Waals surface area contributed by atoms with Crippen molar-refractivity contribution < 1.29 is 14.3 Å². The molecule has 38 heavy (non-hydrogen) atoms. The van der Waals surface area contributed by atoms with Gasteiger partial charge in [-0.3, -0.25) is 9.59 Å². The molecule has 0 bridgehead atoms. The monoisotopic (exact) mass is 534 g/mol. The fourth-order valence-corrected chi connectivity index (χ4v) is 4.33. The van der Waals surface area contributed by atoms with Crippen LogP contribution in [0.2, 0.25) is 5.02 Å². The number of hydrogen-bond acceptors (Lipinski definition) is 3. The third-order valence-corrected chi connectivity index (χ3v) is 6.33. The molecule has 3 aromatic carbocycles. The molecule has 1 atom stereocenters. The predicted molar refractivity (Wildman–Crippen MR) is 154 cm³/mol. The Labute approximate surface area is 232 Å². The van der Waals surface area contributed by atoms with Crippen LogP contribution in [0.15, 0.2) is 78.9 Å². The minimum atomic E-state index is -0.741. The summed E-state index contributed by atoms with van der Waals surface area (Å²) in [5, 5.41) is 3.64. The second kappa shape index (κ2) is 12.5. The van der Waals surface area contributed by atoms with Gasteiger partial charge in [0.2, 0.25) is 5.91 Å². The zero-order valence-electron chi connectivity index (χ0n) is 23.3. The van der Waals surface area contributed by atoms with E-state index >= 15 is 0 Å². The van der Waals surface area contributed by atoms with Gasteiger partial charge >= 0.3 is 0 Å². The number of carbonyl (C=O) groups excluding carboxylic acids is 2. The molecule has 5 nitrogen and oxygen atoms in total. The van der Waals surface area contributed by atoms with Crippen molar-refractivity contribution in [2.75, 3.05) is 6.61 Å². The molecular weight excluding hydrogens is 496 g/mol. The van der Waals surface area contributed by atoms with Gasteiger partial charge in [-0.1, -0.05) is 87.0 Å². The van der Waals surface area contributed by atoms with Crippen LogP contribution in [0.1, 0.15) is 58.2 Å². The summed E-state index contributed by atoms with van der Waals surface area (Å²) in [5.41, 5.74) is 2.54. The van der Waals surface area contributed by atoms with Gasteiger partial charge < -0.3 is 15.0 Å². The quantitative estimate of drug-likeness (QED) is 0.338. The first-order valence-electron chi connectivity index (χ1n) is 12.9. The maximum absolute atomic E-state index is 13.7. The first kappa shape index (κ1) is 29.2. The predicted octanol–water partition coefficient (Wildman–Crippen LogP) is 6.57. The summed E-state index contributed by atoms with van der Waals surface area (Å²) < 4.78 is 5.91. The molecule has 3 aromatic rings. The zero-order valence-corrected chi connectivity index (χ0v) is 24.0. The van der Waals surface area contributed by atoms with Crippen LogP contribution >= 0.6 is 11.6 Å². The van der Waals surface area contributed by atoms with Gasteiger partial charge in [0, 0.05) is 23.5 Å². The van der Waals surface area contributed by atoms with Crippen LogP contribution in [0.25, 0.3) is 0 Å². The number of rotatable bonds is 9. The number of hydrogen-bond donors (Lipinski definition) is 1. The highest BCUT2D eigenvalue weighted by Crippen LogP contribution is 2.24. The molecule has 0 aliphatic heterocycles. The molecule has 0 aliphatic rings. The van der Waals surface area contributed by atoms with E-state index < -0.39 is 11.6 Å². The highest BCUT2D eigenvalue weighted by atomic mass is 35.5. The van der Waals surface area contributed by atoms with Crippen molar-refractivity contribution in [2.45, 2.75) is 71.5 Å². The lowest BCUT2D eigenvalue weighted by molar-refractivity contribution is -0.143. The Morgan fingerprint density at radius 2 is 1.50 bits per heavy atom. The van der Waals surface area contributed by atoms with E-state index in [1.165, 1.54) is 5.56 Å². The molecule has 3 rings (SSSR count). The summed E-state index contributed by atoms with van der Waals surface area (Å²) >= 11 is 6.25. The van der Waals surface area contributed by atoms with Gasteiger partial charge in [-0.25, -0.2) is 0 Å². The molecule has 0 aromatic heterocycles. The highest BCUT2D eigenvalue weighted by molar-refractivity contribution is 6.30. The van der Waals surface area contributed by atoms with E-state index in [2.05, 4.69) is 26.1 Å². The van der Waals surface area contributed by atoms with Crippen LogP contribution < -0.4 is 10.1 Å². The van der Waals surface area contributed by atoms with Crippen molar-refractivity contribution in [1.82, 2.24) is 10.2 Å². The fourth-order valence-electron chi connectivity index (χ4n) is 4.12. The lowest BCUT2D eigenvalue weighted by atomic mass is 9.87. The number of benzene rings is 3. The summed E-state index contributed by atoms with van der Waals surface area (Å²) in [7, 11) is 0. The summed E-state index contributed by atoms with van der Waals surface area (Å²) in [6.07, 6.45) is 0.370. The molecule has 6 heteroatoms. The van der Waals surface area contributed by atoms with Gasteiger partial charge in [-0.2, -0.15) is 0 Å². The summed E-state index contributed by atoms with van der Waals surface area (Å²) in [6.45, 7) is 12.3. The van der Waals surface area contributed by atoms with E-state index in [4.69, 9.17) is 16.3 Å². The molecule has 0 saturated carbocycles. The van der Waals surface area contributed by atoms with E-state index in [-0.39, 0.29) is 30.4 Å². The standard InChI is InChI=1S/C32H39ClN2O3/c1-31(2,3)25-15-17-27(18-16-25)38-22-29(36)35(21-24-13-10-14-26(33)19-24)28(30(37)34-32(4,5)6)20-23-11-8-7-9-12-23/h7-19,28H,20-22H2,1-6H3,(H,34,37)/t28-/m1/s1. The third-order valence-electron chi connectivity index (χ3n) is 6.09. The SMILES string of the molecule is CC(C)(C)NC(=O)[C@@H](Cc1ccccc1)N(Cc1cccc(Cl)c1)C(=O)COc1ccc(C(C)(C)C)cc1. The number of amides is 2. The maximum Gasteiger partial charge on any atom is 0.261 e. The van der Waals surface area contributed by atoms with Crippen molar-refractivity contribution in [3.05, 3.63) is 101 Å². The van der Waals surface area contributed by atoms with Crippen molar-refractivity contribution in [3.8, 4) is 5.75 Å². The Bertz CT molecular complexity index is 1210. The minimum Gasteiger partial charge on any atom is -0.484 e. The maximum atomic E-state index is 13.7. The van der Waals surface area contributed by atoms with Crippen LogP contribution in [0, 0.1) is 0 Å². The zero-order chi connectivity index (χ0) is 27.9. The molecule has 1 N–H and O–H groups in total. The molecule has 0 spiro atoms. The smallest absolute Gasteiger partial charge is 0.261 e. The molecule has 202 valence electrons. The summed E-state index contributed by atoms with van der Waals surface area (Å²) in [5.74, 6) is 0.105. The normalized spacial score (nSPS) is 12.5. The number of ether oxygens (including phenoxy) is 1. The number of nitrogens with one attached hydrogen (secondary N) is 1. The fraction of sp³-hybridized carbons (Fsp3) is 0.375. The third kappa shape index (κ3) is 8.91. The largest absolute Gasteiger partial charge is 0.484 e. The molecule has 0 heterocycles. The van der Waals surface area contributed by atoms with Gasteiger partial charge in [0.25, 0.3) is 5.91 Å². The summed E-state index contributed by atoms with van der Waals surface area (Å²) in [4.78, 5) is 28.9. The average molecular weight is 535 g/mol. The van der Waals surface area contributed by atoms with E-state index in [9.17, 15) is 9.59 Å². The average Bonchev–Trinajstić information content (AvgIpc) is 2.84. The van der Waals surface area contributed by atoms with Crippen molar-refractivity contribution >= 4 is 23.4 Å². The lowest BCUT2D eigenvalue weighted by Gasteiger charge is -2.33. The Morgan fingerprint density at radius 1 is 0.868 bits per heavy atom. The molecule has 0 fully saturated rings. The molecule has 0 aliphatic carbocycles. The molecule has 0 radical (unpaired) electrons. The Morgan fingerprint density at radius 3 is 2.08 bits per heavy atom. The van der Waals surface area contributed by atoms with Gasteiger partial charge in [-0.05, 0) is 67.1 Å². The minimum absolute atomic E-state index is 0.0210. The van der Waals surface area contributed by atoms with Crippen LogP contribution in [-0.2, 0) is 28.0 Å². The Kier molecular flexibility index (Phi) is 9.61. The van der Waals surface area contributed by atoms with Crippen molar-refractivity contribution in [3.63, 3.8) is 0 Å². The first-order valence-corrected chi connectivity index (χ1v) is 13.3. The van der Waals surface area contributed by atoms with Crippen molar-refractivity contribution in [2.24, 2.45) is 0 Å². The van der Waals surface area contributed by atoms with E-state index in [0.717, 1.165) is 11.1 Å². The lowest BCUT2D eigenvalue weighted by Crippen LogP contribution is -2.55. The van der Waals surface area contributed by atoms with E-state index in [0.29, 0.717) is 17.2 Å². The van der Waals surface area contributed by atoms with Gasteiger partial charge in [-0.15, -0.1) is 0 Å².